The highest BCUT2D eigenvalue weighted by Crippen LogP contribution is 2.36. The molecule has 2 fully saturated rings. The largest absolute Gasteiger partial charge is 0.377 e. The van der Waals surface area contributed by atoms with Crippen LogP contribution in [0.25, 0.3) is 22.0 Å². The van der Waals surface area contributed by atoms with Crippen molar-refractivity contribution in [2.24, 2.45) is 13.0 Å². The van der Waals surface area contributed by atoms with E-state index in [1.807, 2.05) is 26.1 Å². The third-order valence-electron chi connectivity index (χ3n) is 7.11. The summed E-state index contributed by atoms with van der Waals surface area (Å²) in [6, 6.07) is 8.70. The highest BCUT2D eigenvalue weighted by atomic mass is 16.5. The van der Waals surface area contributed by atoms with Crippen molar-refractivity contribution in [3.63, 3.8) is 0 Å². The molecule has 0 radical (unpaired) electrons. The van der Waals surface area contributed by atoms with Gasteiger partial charge < -0.3 is 14.2 Å². The fraction of sp³-hybridized carbons (Fsp3) is 0.500. The summed E-state index contributed by atoms with van der Waals surface area (Å²) in [6.07, 6.45) is 8.43. The minimum atomic E-state index is 0.0397. The van der Waals surface area contributed by atoms with E-state index in [9.17, 15) is 4.79 Å². The molecular formula is C26H32N4O2. The molecule has 1 saturated heterocycles. The molecule has 6 nitrogen and oxygen atoms in total. The number of hydrogen-bond acceptors (Lipinski definition) is 5. The monoisotopic (exact) mass is 432 g/mol. The van der Waals surface area contributed by atoms with Gasteiger partial charge in [-0.15, -0.1) is 0 Å². The van der Waals surface area contributed by atoms with Crippen molar-refractivity contribution in [3.8, 4) is 11.1 Å². The zero-order chi connectivity index (χ0) is 22.2. The average Bonchev–Trinajstić information content (AvgIpc) is 2.82. The van der Waals surface area contributed by atoms with Gasteiger partial charge in [-0.05, 0) is 61.9 Å². The zero-order valence-electron chi connectivity index (χ0n) is 19.3. The van der Waals surface area contributed by atoms with Gasteiger partial charge in [-0.25, -0.2) is 9.97 Å². The lowest BCUT2D eigenvalue weighted by molar-refractivity contribution is 0.0673. The Balaban J connectivity index is 1.62. The van der Waals surface area contributed by atoms with E-state index in [4.69, 9.17) is 14.7 Å². The van der Waals surface area contributed by atoms with E-state index in [2.05, 4.69) is 23.1 Å². The SMILES string of the molecule is Cc1nc(N2CCOCC2C2CCCCC2)c2cc(-c3cc(C)c(=O)n(C)c3)ccc2n1. The summed E-state index contributed by atoms with van der Waals surface area (Å²) in [5.41, 5.74) is 3.86. The molecule has 32 heavy (non-hydrogen) atoms. The molecule has 5 rings (SSSR count). The summed E-state index contributed by atoms with van der Waals surface area (Å²) < 4.78 is 7.60. The molecular weight excluding hydrogens is 400 g/mol. The summed E-state index contributed by atoms with van der Waals surface area (Å²) >= 11 is 0. The summed E-state index contributed by atoms with van der Waals surface area (Å²) in [6.45, 7) is 6.20. The molecule has 1 unspecified atom stereocenters. The van der Waals surface area contributed by atoms with Crippen LogP contribution >= 0.6 is 0 Å². The van der Waals surface area contributed by atoms with Gasteiger partial charge in [-0.2, -0.15) is 0 Å². The second-order valence-electron chi connectivity index (χ2n) is 9.39. The fourth-order valence-electron chi connectivity index (χ4n) is 5.45. The molecule has 0 amide bonds. The Hall–Kier alpha value is -2.73. The number of benzene rings is 1. The van der Waals surface area contributed by atoms with Crippen molar-refractivity contribution in [1.82, 2.24) is 14.5 Å². The van der Waals surface area contributed by atoms with Crippen molar-refractivity contribution in [3.05, 3.63) is 52.2 Å². The van der Waals surface area contributed by atoms with Crippen LogP contribution in [0.1, 0.15) is 43.5 Å². The van der Waals surface area contributed by atoms with E-state index in [1.165, 1.54) is 32.1 Å². The van der Waals surface area contributed by atoms with Gasteiger partial charge in [0, 0.05) is 30.7 Å². The predicted molar refractivity (Wildman–Crippen MR) is 128 cm³/mol. The van der Waals surface area contributed by atoms with E-state index in [-0.39, 0.29) is 5.56 Å². The molecule has 1 aromatic carbocycles. The Kier molecular flexibility index (Phi) is 5.72. The lowest BCUT2D eigenvalue weighted by Gasteiger charge is -2.42. The van der Waals surface area contributed by atoms with Gasteiger partial charge in [-0.3, -0.25) is 4.79 Å². The highest BCUT2D eigenvalue weighted by Gasteiger charge is 2.33. The standard InChI is InChI=1S/C26H32N4O2/c1-17-13-21(15-29(3)26(17)31)20-9-10-23-22(14-20)25(28-18(2)27-23)30-11-12-32-16-24(30)19-7-5-4-6-8-19/h9-10,13-15,19,24H,4-8,11-12,16H2,1-3H3. The molecule has 3 heterocycles. The number of morpholine rings is 1. The first kappa shape index (κ1) is 21.1. The number of rotatable bonds is 3. The lowest BCUT2D eigenvalue weighted by Crippen LogP contribution is -2.50. The van der Waals surface area contributed by atoms with Crippen molar-refractivity contribution in [2.75, 3.05) is 24.7 Å². The van der Waals surface area contributed by atoms with Gasteiger partial charge in [0.1, 0.15) is 11.6 Å². The number of pyridine rings is 1. The van der Waals surface area contributed by atoms with Crippen molar-refractivity contribution in [1.29, 1.82) is 0 Å². The molecule has 2 aromatic heterocycles. The normalized spacial score (nSPS) is 20.1. The minimum absolute atomic E-state index is 0.0397. The van der Waals surface area contributed by atoms with Crippen molar-refractivity contribution < 1.29 is 4.74 Å². The lowest BCUT2D eigenvalue weighted by atomic mass is 9.83. The summed E-state index contributed by atoms with van der Waals surface area (Å²) in [7, 11) is 1.81. The molecule has 3 aromatic rings. The number of ether oxygens (including phenoxy) is 1. The summed E-state index contributed by atoms with van der Waals surface area (Å²) in [5.74, 6) is 2.48. The molecule has 6 heteroatoms. The smallest absolute Gasteiger partial charge is 0.253 e. The van der Waals surface area contributed by atoms with Crippen LogP contribution in [0.5, 0.6) is 0 Å². The van der Waals surface area contributed by atoms with Crippen molar-refractivity contribution in [2.45, 2.75) is 52.0 Å². The molecule has 0 N–H and O–H groups in total. The van der Waals surface area contributed by atoms with Crippen LogP contribution in [0, 0.1) is 19.8 Å². The quantitative estimate of drug-likeness (QED) is 0.614. The number of aromatic nitrogens is 3. The number of nitrogens with zero attached hydrogens (tertiary/aromatic N) is 4. The summed E-state index contributed by atoms with van der Waals surface area (Å²) in [4.78, 5) is 24.4. The molecule has 1 saturated carbocycles. The maximum absolute atomic E-state index is 12.2. The molecule has 0 bridgehead atoms. The van der Waals surface area contributed by atoms with E-state index in [0.717, 1.165) is 59.0 Å². The maximum atomic E-state index is 12.2. The number of fused-ring (bicyclic) bond motifs is 1. The fourth-order valence-corrected chi connectivity index (χ4v) is 5.45. The third kappa shape index (κ3) is 3.92. The Labute approximate surface area is 189 Å². The van der Waals surface area contributed by atoms with Gasteiger partial charge in [0.15, 0.2) is 0 Å². The van der Waals surface area contributed by atoms with E-state index < -0.39 is 0 Å². The van der Waals surface area contributed by atoms with Crippen LogP contribution in [0.2, 0.25) is 0 Å². The van der Waals surface area contributed by atoms with Gasteiger partial charge in [-0.1, -0.05) is 25.3 Å². The molecule has 1 atom stereocenters. The topological polar surface area (TPSA) is 60.3 Å². The van der Waals surface area contributed by atoms with Crippen LogP contribution < -0.4 is 10.5 Å². The first-order valence-corrected chi connectivity index (χ1v) is 11.8. The van der Waals surface area contributed by atoms with Crippen LogP contribution in [0.15, 0.2) is 35.3 Å². The average molecular weight is 433 g/mol. The van der Waals surface area contributed by atoms with Gasteiger partial charge in [0.25, 0.3) is 5.56 Å². The van der Waals surface area contributed by atoms with Crippen LogP contribution in [-0.2, 0) is 11.8 Å². The van der Waals surface area contributed by atoms with E-state index in [1.54, 1.807) is 11.6 Å². The second-order valence-corrected chi connectivity index (χ2v) is 9.39. The van der Waals surface area contributed by atoms with E-state index >= 15 is 0 Å². The number of anilines is 1. The van der Waals surface area contributed by atoms with Crippen LogP contribution in [0.3, 0.4) is 0 Å². The molecule has 1 aliphatic carbocycles. The highest BCUT2D eigenvalue weighted by molar-refractivity contribution is 5.93. The Morgan fingerprint density at radius 1 is 1.03 bits per heavy atom. The van der Waals surface area contributed by atoms with Crippen LogP contribution in [0.4, 0.5) is 5.82 Å². The first-order chi connectivity index (χ1) is 15.5. The van der Waals surface area contributed by atoms with Gasteiger partial charge in [0.05, 0.1) is 24.8 Å². The molecule has 2 aliphatic rings. The number of aryl methyl sites for hydroxylation is 3. The molecule has 168 valence electrons. The molecule has 0 spiro atoms. The summed E-state index contributed by atoms with van der Waals surface area (Å²) in [5, 5.41) is 1.07. The predicted octanol–water partition coefficient (Wildman–Crippen LogP) is 4.40. The van der Waals surface area contributed by atoms with Gasteiger partial charge >= 0.3 is 0 Å². The maximum Gasteiger partial charge on any atom is 0.253 e. The first-order valence-electron chi connectivity index (χ1n) is 11.8. The van der Waals surface area contributed by atoms with E-state index in [0.29, 0.717) is 12.0 Å². The zero-order valence-corrected chi connectivity index (χ0v) is 19.3. The Morgan fingerprint density at radius 2 is 1.84 bits per heavy atom. The van der Waals surface area contributed by atoms with Crippen molar-refractivity contribution >= 4 is 16.7 Å². The second kappa shape index (κ2) is 8.66. The third-order valence-corrected chi connectivity index (χ3v) is 7.11. The van der Waals surface area contributed by atoms with Crippen LogP contribution in [-0.4, -0.2) is 40.3 Å². The number of hydrogen-bond donors (Lipinski definition) is 0. The minimum Gasteiger partial charge on any atom is -0.377 e. The van der Waals surface area contributed by atoms with Gasteiger partial charge in [0.2, 0.25) is 0 Å². The molecule has 1 aliphatic heterocycles. The Morgan fingerprint density at radius 3 is 2.62 bits per heavy atom. The Bertz CT molecular complexity index is 1170.